The largest absolute Gasteiger partial charge is 0.312 e. The van der Waals surface area contributed by atoms with Gasteiger partial charge in [-0.2, -0.15) is 4.99 Å². The standard InChI is InChI=1S/C23H21N3OS/c1-5-10-26-21-15(3)11-14(2)12-20(21)28-23(26)25-22(27)18-8-9-19-17(13-18)7-6-16(4)24-19/h5-9,11-13H,1,10H2,2-4H3. The zero-order valence-corrected chi connectivity index (χ0v) is 17.0. The van der Waals surface area contributed by atoms with Crippen LogP contribution in [0.2, 0.25) is 0 Å². The van der Waals surface area contributed by atoms with Crippen molar-refractivity contribution in [2.24, 2.45) is 4.99 Å². The Labute approximate surface area is 167 Å². The second-order valence-corrected chi connectivity index (χ2v) is 8.00. The highest BCUT2D eigenvalue weighted by atomic mass is 32.1. The fraction of sp³-hybridized carbons (Fsp3) is 0.174. The summed E-state index contributed by atoms with van der Waals surface area (Å²) < 4.78 is 3.19. The summed E-state index contributed by atoms with van der Waals surface area (Å²) in [6.45, 7) is 10.6. The Hall–Kier alpha value is -3.05. The third kappa shape index (κ3) is 3.29. The molecule has 0 fully saturated rings. The molecule has 0 N–H and O–H groups in total. The molecule has 5 heteroatoms. The SMILES string of the molecule is C=CCn1c(=NC(=O)c2ccc3nc(C)ccc3c2)sc2cc(C)cc(C)c21. The van der Waals surface area contributed by atoms with E-state index in [0.717, 1.165) is 26.8 Å². The first-order chi connectivity index (χ1) is 13.5. The zero-order chi connectivity index (χ0) is 19.8. The lowest BCUT2D eigenvalue weighted by molar-refractivity contribution is 0.0998. The fourth-order valence-corrected chi connectivity index (χ4v) is 4.70. The molecule has 0 bridgehead atoms. The van der Waals surface area contributed by atoms with Crippen LogP contribution in [0, 0.1) is 20.8 Å². The van der Waals surface area contributed by atoms with Crippen LogP contribution in [0.15, 0.2) is 60.1 Å². The van der Waals surface area contributed by atoms with E-state index in [1.54, 1.807) is 6.07 Å². The lowest BCUT2D eigenvalue weighted by Gasteiger charge is -2.05. The lowest BCUT2D eigenvalue weighted by Crippen LogP contribution is -2.16. The van der Waals surface area contributed by atoms with Gasteiger partial charge in [-0.05, 0) is 62.2 Å². The van der Waals surface area contributed by atoms with Gasteiger partial charge in [-0.25, -0.2) is 0 Å². The first kappa shape index (κ1) is 18.3. The Balaban J connectivity index is 1.86. The molecule has 0 radical (unpaired) electrons. The van der Waals surface area contributed by atoms with Gasteiger partial charge in [0.15, 0.2) is 4.80 Å². The highest BCUT2D eigenvalue weighted by Crippen LogP contribution is 2.23. The predicted octanol–water partition coefficient (Wildman–Crippen LogP) is 5.10. The molecule has 2 aromatic heterocycles. The van der Waals surface area contributed by atoms with Gasteiger partial charge in [0.25, 0.3) is 5.91 Å². The van der Waals surface area contributed by atoms with Crippen molar-refractivity contribution in [2.75, 3.05) is 0 Å². The summed E-state index contributed by atoms with van der Waals surface area (Å²) in [4.78, 5) is 22.5. The van der Waals surface area contributed by atoms with Gasteiger partial charge in [-0.1, -0.05) is 29.5 Å². The monoisotopic (exact) mass is 387 g/mol. The number of hydrogen-bond acceptors (Lipinski definition) is 3. The van der Waals surface area contributed by atoms with E-state index in [4.69, 9.17) is 0 Å². The number of hydrogen-bond donors (Lipinski definition) is 0. The molecule has 0 aliphatic carbocycles. The Kier molecular flexibility index (Phi) is 4.69. The number of thiazole rings is 1. The minimum Gasteiger partial charge on any atom is -0.312 e. The number of pyridine rings is 1. The molecule has 4 nitrogen and oxygen atoms in total. The van der Waals surface area contributed by atoms with Crippen LogP contribution in [0.1, 0.15) is 27.2 Å². The van der Waals surface area contributed by atoms with Gasteiger partial charge in [0.2, 0.25) is 0 Å². The Morgan fingerprint density at radius 2 is 2.00 bits per heavy atom. The van der Waals surface area contributed by atoms with Crippen molar-refractivity contribution < 1.29 is 4.79 Å². The van der Waals surface area contributed by atoms with Crippen LogP contribution in [0.25, 0.3) is 21.1 Å². The number of rotatable bonds is 3. The Bertz CT molecular complexity index is 1310. The minimum atomic E-state index is -0.249. The Morgan fingerprint density at radius 3 is 2.79 bits per heavy atom. The molecule has 0 saturated carbocycles. The first-order valence-corrected chi connectivity index (χ1v) is 9.96. The number of benzene rings is 2. The maximum absolute atomic E-state index is 12.9. The third-order valence-corrected chi connectivity index (χ3v) is 5.72. The average molecular weight is 388 g/mol. The van der Waals surface area contributed by atoms with Crippen LogP contribution >= 0.6 is 11.3 Å². The van der Waals surface area contributed by atoms with E-state index in [1.807, 2.05) is 37.3 Å². The van der Waals surface area contributed by atoms with Gasteiger partial charge in [0.05, 0.1) is 15.7 Å². The molecular formula is C23H21N3OS. The molecule has 0 atom stereocenters. The van der Waals surface area contributed by atoms with Gasteiger partial charge in [-0.3, -0.25) is 9.78 Å². The van der Waals surface area contributed by atoms with Crippen LogP contribution in [0.5, 0.6) is 0 Å². The van der Waals surface area contributed by atoms with Crippen molar-refractivity contribution in [1.82, 2.24) is 9.55 Å². The molecule has 140 valence electrons. The number of allylic oxidation sites excluding steroid dienone is 1. The topological polar surface area (TPSA) is 47.2 Å². The van der Waals surface area contributed by atoms with Gasteiger partial charge < -0.3 is 4.57 Å². The molecule has 4 rings (SSSR count). The van der Waals surface area contributed by atoms with E-state index >= 15 is 0 Å². The number of carbonyl (C=O) groups excluding carboxylic acids is 1. The second-order valence-electron chi connectivity index (χ2n) is 6.99. The second kappa shape index (κ2) is 7.17. The lowest BCUT2D eigenvalue weighted by atomic mass is 10.1. The Morgan fingerprint density at radius 1 is 1.18 bits per heavy atom. The molecule has 2 aromatic carbocycles. The van der Waals surface area contributed by atoms with Gasteiger partial charge in [0.1, 0.15) is 0 Å². The number of fused-ring (bicyclic) bond motifs is 2. The van der Waals surface area contributed by atoms with E-state index in [1.165, 1.54) is 22.5 Å². The van der Waals surface area contributed by atoms with Crippen molar-refractivity contribution in [3.05, 3.63) is 82.3 Å². The number of aryl methyl sites for hydroxylation is 3. The summed E-state index contributed by atoms with van der Waals surface area (Å²) in [6.07, 6.45) is 1.83. The predicted molar refractivity (Wildman–Crippen MR) is 116 cm³/mol. The summed E-state index contributed by atoms with van der Waals surface area (Å²) in [5.74, 6) is -0.249. The van der Waals surface area contributed by atoms with E-state index in [0.29, 0.717) is 16.9 Å². The molecule has 0 saturated heterocycles. The van der Waals surface area contributed by atoms with Gasteiger partial charge in [0, 0.05) is 23.2 Å². The molecule has 4 aromatic rings. The van der Waals surface area contributed by atoms with Crippen molar-refractivity contribution >= 4 is 38.4 Å². The summed E-state index contributed by atoms with van der Waals surface area (Å²) >= 11 is 1.54. The highest BCUT2D eigenvalue weighted by molar-refractivity contribution is 7.16. The smallest absolute Gasteiger partial charge is 0.279 e. The summed E-state index contributed by atoms with van der Waals surface area (Å²) in [6, 6.07) is 13.7. The van der Waals surface area contributed by atoms with Gasteiger partial charge >= 0.3 is 0 Å². The van der Waals surface area contributed by atoms with E-state index in [2.05, 4.69) is 47.1 Å². The molecule has 0 aliphatic rings. The first-order valence-electron chi connectivity index (χ1n) is 9.14. The van der Waals surface area contributed by atoms with Crippen molar-refractivity contribution in [2.45, 2.75) is 27.3 Å². The molecule has 0 unspecified atom stereocenters. The minimum absolute atomic E-state index is 0.249. The summed E-state index contributed by atoms with van der Waals surface area (Å²) in [5, 5.41) is 0.938. The van der Waals surface area contributed by atoms with Crippen molar-refractivity contribution in [3.8, 4) is 0 Å². The summed E-state index contributed by atoms with van der Waals surface area (Å²) in [5.41, 5.74) is 5.89. The van der Waals surface area contributed by atoms with Crippen LogP contribution in [0.3, 0.4) is 0 Å². The number of aromatic nitrogens is 2. The number of carbonyl (C=O) groups is 1. The maximum Gasteiger partial charge on any atom is 0.279 e. The third-order valence-electron chi connectivity index (χ3n) is 4.70. The molecule has 0 spiro atoms. The van der Waals surface area contributed by atoms with E-state index in [-0.39, 0.29) is 5.91 Å². The molecule has 2 heterocycles. The molecule has 1 amide bonds. The fourth-order valence-electron chi connectivity index (χ4n) is 3.49. The van der Waals surface area contributed by atoms with E-state index < -0.39 is 0 Å². The summed E-state index contributed by atoms with van der Waals surface area (Å²) in [7, 11) is 0. The van der Waals surface area contributed by atoms with Crippen LogP contribution in [0.4, 0.5) is 0 Å². The molecule has 28 heavy (non-hydrogen) atoms. The zero-order valence-electron chi connectivity index (χ0n) is 16.2. The highest BCUT2D eigenvalue weighted by Gasteiger charge is 2.11. The normalized spacial score (nSPS) is 12.0. The van der Waals surface area contributed by atoms with Crippen molar-refractivity contribution in [1.29, 1.82) is 0 Å². The molecule has 0 aliphatic heterocycles. The van der Waals surface area contributed by atoms with Crippen LogP contribution in [-0.2, 0) is 6.54 Å². The molecular weight excluding hydrogens is 366 g/mol. The number of amides is 1. The van der Waals surface area contributed by atoms with Crippen molar-refractivity contribution in [3.63, 3.8) is 0 Å². The maximum atomic E-state index is 12.9. The van der Waals surface area contributed by atoms with Crippen LogP contribution < -0.4 is 4.80 Å². The van der Waals surface area contributed by atoms with Crippen LogP contribution in [-0.4, -0.2) is 15.5 Å². The van der Waals surface area contributed by atoms with Gasteiger partial charge in [-0.15, -0.1) is 6.58 Å². The average Bonchev–Trinajstić information content (AvgIpc) is 2.98. The number of nitrogens with zero attached hydrogens (tertiary/aromatic N) is 3. The quantitative estimate of drug-likeness (QED) is 0.459. The van der Waals surface area contributed by atoms with E-state index in [9.17, 15) is 4.79 Å².